The van der Waals surface area contributed by atoms with Gasteiger partial charge in [0.05, 0.1) is 12.7 Å². The Morgan fingerprint density at radius 3 is 2.66 bits per heavy atom. The Balaban J connectivity index is 1.46. The van der Waals surface area contributed by atoms with Crippen molar-refractivity contribution >= 4 is 11.8 Å². The Morgan fingerprint density at radius 2 is 1.90 bits per heavy atom. The average molecular weight is 405 g/mol. The summed E-state index contributed by atoms with van der Waals surface area (Å²) >= 11 is 0. The molecule has 0 radical (unpaired) electrons. The molecular weight excluding hydrogens is 364 g/mol. The molecule has 0 bridgehead atoms. The number of ether oxygens (including phenoxy) is 1. The predicted molar refractivity (Wildman–Crippen MR) is 112 cm³/mol. The van der Waals surface area contributed by atoms with Gasteiger partial charge in [0, 0.05) is 19.3 Å². The smallest absolute Gasteiger partial charge is 0.305 e. The van der Waals surface area contributed by atoms with Gasteiger partial charge in [-0.3, -0.25) is 9.59 Å². The standard InChI is InChI=1S/C25H40O4/c1-4-29-22(28)7-5-6-16-8-9-19-23-20(11-13-24(16,19)2)25(3)12-10-18(26)14-17(25)15-21(23)27/h16-17,19-21,23,27H,4-15H2,1-3H3/t16?,17?,19?,20?,21-,23?,24?,25-/m0/s1. The highest BCUT2D eigenvalue weighted by atomic mass is 16.5. The first kappa shape index (κ1) is 21.3. The van der Waals surface area contributed by atoms with Crippen molar-refractivity contribution in [3.63, 3.8) is 0 Å². The van der Waals surface area contributed by atoms with Crippen LogP contribution in [0.3, 0.4) is 0 Å². The minimum atomic E-state index is -0.244. The van der Waals surface area contributed by atoms with Gasteiger partial charge >= 0.3 is 5.97 Å². The van der Waals surface area contributed by atoms with Gasteiger partial charge in [-0.1, -0.05) is 13.8 Å². The molecule has 0 amide bonds. The summed E-state index contributed by atoms with van der Waals surface area (Å²) in [5.74, 6) is 2.95. The molecule has 4 aliphatic rings. The fourth-order valence-corrected chi connectivity index (χ4v) is 8.32. The summed E-state index contributed by atoms with van der Waals surface area (Å²) < 4.78 is 5.10. The molecule has 0 aromatic carbocycles. The summed E-state index contributed by atoms with van der Waals surface area (Å²) in [7, 11) is 0. The van der Waals surface area contributed by atoms with Crippen LogP contribution in [0.4, 0.5) is 0 Å². The predicted octanol–water partition coefficient (Wildman–Crippen LogP) is 4.92. The van der Waals surface area contributed by atoms with Gasteiger partial charge in [0.1, 0.15) is 5.78 Å². The molecule has 4 heteroatoms. The van der Waals surface area contributed by atoms with Crippen LogP contribution in [-0.2, 0) is 14.3 Å². The van der Waals surface area contributed by atoms with Crippen molar-refractivity contribution in [2.75, 3.05) is 6.61 Å². The third kappa shape index (κ3) is 3.58. The van der Waals surface area contributed by atoms with E-state index in [0.29, 0.717) is 60.2 Å². The molecule has 4 saturated carbocycles. The van der Waals surface area contributed by atoms with Crippen LogP contribution in [0.1, 0.15) is 91.4 Å². The molecule has 29 heavy (non-hydrogen) atoms. The molecule has 4 rings (SSSR count). The maximum atomic E-state index is 12.1. The van der Waals surface area contributed by atoms with Crippen molar-refractivity contribution in [2.24, 2.45) is 40.4 Å². The lowest BCUT2D eigenvalue weighted by Gasteiger charge is -2.61. The number of fused-ring (bicyclic) bond motifs is 5. The third-order valence-corrected chi connectivity index (χ3v) is 9.93. The number of ketones is 1. The maximum absolute atomic E-state index is 12.1. The molecule has 8 atom stereocenters. The van der Waals surface area contributed by atoms with Gasteiger partial charge in [0.25, 0.3) is 0 Å². The first-order valence-electron chi connectivity index (χ1n) is 12.1. The van der Waals surface area contributed by atoms with Gasteiger partial charge in [-0.15, -0.1) is 0 Å². The molecule has 4 fully saturated rings. The zero-order chi connectivity index (χ0) is 20.8. The Bertz CT molecular complexity index is 645. The second kappa shape index (κ2) is 7.98. The Labute approximate surface area is 176 Å². The van der Waals surface area contributed by atoms with E-state index in [0.717, 1.165) is 32.1 Å². The number of hydrogen-bond acceptors (Lipinski definition) is 4. The monoisotopic (exact) mass is 404 g/mol. The molecule has 0 spiro atoms. The second-order valence-electron chi connectivity index (χ2n) is 11.1. The van der Waals surface area contributed by atoms with Crippen LogP contribution in [0.15, 0.2) is 0 Å². The molecule has 164 valence electrons. The Kier molecular flexibility index (Phi) is 5.87. The van der Waals surface area contributed by atoms with Crippen molar-refractivity contribution < 1.29 is 19.4 Å². The first-order valence-corrected chi connectivity index (χ1v) is 12.1. The van der Waals surface area contributed by atoms with E-state index in [2.05, 4.69) is 13.8 Å². The fourth-order valence-electron chi connectivity index (χ4n) is 8.32. The van der Waals surface area contributed by atoms with Crippen molar-refractivity contribution in [1.29, 1.82) is 0 Å². The SMILES string of the molecule is CCOC(=O)CCCC1CCC2C3C(CCC12C)[C@@]1(C)CCC(=O)CC1C[C@@H]3O. The highest BCUT2D eigenvalue weighted by molar-refractivity contribution is 5.79. The molecule has 4 nitrogen and oxygen atoms in total. The zero-order valence-electron chi connectivity index (χ0n) is 18.6. The van der Waals surface area contributed by atoms with Crippen LogP contribution >= 0.6 is 0 Å². The van der Waals surface area contributed by atoms with Gasteiger partial charge in [-0.2, -0.15) is 0 Å². The maximum Gasteiger partial charge on any atom is 0.305 e. The van der Waals surface area contributed by atoms with E-state index in [1.54, 1.807) is 0 Å². The number of hydrogen-bond donors (Lipinski definition) is 1. The van der Waals surface area contributed by atoms with Crippen molar-refractivity contribution in [1.82, 2.24) is 0 Å². The largest absolute Gasteiger partial charge is 0.466 e. The van der Waals surface area contributed by atoms with E-state index in [-0.39, 0.29) is 17.5 Å². The Hall–Kier alpha value is -0.900. The number of aliphatic hydroxyl groups excluding tert-OH is 1. The van der Waals surface area contributed by atoms with Gasteiger partial charge in [-0.05, 0) is 98.7 Å². The van der Waals surface area contributed by atoms with Crippen LogP contribution in [0.25, 0.3) is 0 Å². The number of aliphatic hydroxyl groups is 1. The molecular formula is C25H40O4. The zero-order valence-corrected chi connectivity index (χ0v) is 18.6. The summed E-state index contributed by atoms with van der Waals surface area (Å²) in [6.07, 6.45) is 10.5. The van der Waals surface area contributed by atoms with E-state index in [4.69, 9.17) is 4.74 Å². The molecule has 0 saturated heterocycles. The summed E-state index contributed by atoms with van der Waals surface area (Å²) in [5, 5.41) is 11.2. The summed E-state index contributed by atoms with van der Waals surface area (Å²) in [6.45, 7) is 7.24. The van der Waals surface area contributed by atoms with Gasteiger partial charge in [0.15, 0.2) is 0 Å². The topological polar surface area (TPSA) is 63.6 Å². The molecule has 0 aromatic rings. The van der Waals surface area contributed by atoms with Crippen LogP contribution in [-0.4, -0.2) is 29.6 Å². The fraction of sp³-hybridized carbons (Fsp3) is 0.920. The quantitative estimate of drug-likeness (QED) is 0.661. The van der Waals surface area contributed by atoms with Gasteiger partial charge in [0.2, 0.25) is 0 Å². The summed E-state index contributed by atoms with van der Waals surface area (Å²) in [5.41, 5.74) is 0.533. The van der Waals surface area contributed by atoms with Crippen LogP contribution in [0, 0.1) is 40.4 Å². The number of Topliss-reactive ketones (excluding diaryl/α,β-unsaturated/α-hetero) is 1. The van der Waals surface area contributed by atoms with Crippen molar-refractivity contribution in [3.8, 4) is 0 Å². The van der Waals surface area contributed by atoms with Crippen LogP contribution in [0.5, 0.6) is 0 Å². The summed E-state index contributed by atoms with van der Waals surface area (Å²) in [4.78, 5) is 23.8. The highest BCUT2D eigenvalue weighted by Gasteiger charge is 2.62. The minimum Gasteiger partial charge on any atom is -0.466 e. The molecule has 0 heterocycles. The van der Waals surface area contributed by atoms with Crippen LogP contribution < -0.4 is 0 Å². The number of carbonyl (C=O) groups excluding carboxylic acids is 2. The van der Waals surface area contributed by atoms with Crippen molar-refractivity contribution in [2.45, 2.75) is 97.5 Å². The van der Waals surface area contributed by atoms with E-state index >= 15 is 0 Å². The van der Waals surface area contributed by atoms with E-state index in [1.807, 2.05) is 6.92 Å². The van der Waals surface area contributed by atoms with Crippen LogP contribution in [0.2, 0.25) is 0 Å². The minimum absolute atomic E-state index is 0.0653. The molecule has 1 N–H and O–H groups in total. The molecule has 6 unspecified atom stereocenters. The first-order chi connectivity index (χ1) is 13.8. The molecule has 0 aliphatic heterocycles. The third-order valence-electron chi connectivity index (χ3n) is 9.93. The Morgan fingerprint density at radius 1 is 1.14 bits per heavy atom. The number of esters is 1. The lowest BCUT2D eigenvalue weighted by Crippen LogP contribution is -2.58. The van der Waals surface area contributed by atoms with E-state index < -0.39 is 0 Å². The summed E-state index contributed by atoms with van der Waals surface area (Å²) in [6, 6.07) is 0. The van der Waals surface area contributed by atoms with Gasteiger partial charge < -0.3 is 9.84 Å². The highest BCUT2D eigenvalue weighted by Crippen LogP contribution is 2.67. The second-order valence-corrected chi connectivity index (χ2v) is 11.1. The average Bonchev–Trinajstić information content (AvgIpc) is 3.00. The van der Waals surface area contributed by atoms with E-state index in [1.165, 1.54) is 25.7 Å². The van der Waals surface area contributed by atoms with Gasteiger partial charge in [-0.25, -0.2) is 0 Å². The van der Waals surface area contributed by atoms with Crippen molar-refractivity contribution in [3.05, 3.63) is 0 Å². The number of carbonyl (C=O) groups is 2. The molecule has 4 aliphatic carbocycles. The molecule has 0 aromatic heterocycles. The normalized spacial score (nSPS) is 46.6. The lowest BCUT2D eigenvalue weighted by atomic mass is 9.44. The van der Waals surface area contributed by atoms with E-state index in [9.17, 15) is 14.7 Å². The number of rotatable bonds is 5. The lowest BCUT2D eigenvalue weighted by molar-refractivity contribution is -0.167.